The minimum absolute atomic E-state index is 0. The Bertz CT molecular complexity index is 680. The molecule has 0 radical (unpaired) electrons. The normalized spacial score (nSPS) is 15.8. The van der Waals surface area contributed by atoms with Gasteiger partial charge in [0, 0.05) is 63.0 Å². The molecule has 176 valence electrons. The van der Waals surface area contributed by atoms with Crippen LogP contribution in [0.15, 0.2) is 23.2 Å². The van der Waals surface area contributed by atoms with Crippen LogP contribution in [0.5, 0.6) is 11.5 Å². The molecule has 0 aliphatic carbocycles. The van der Waals surface area contributed by atoms with Crippen LogP contribution in [0.1, 0.15) is 38.5 Å². The van der Waals surface area contributed by atoms with Gasteiger partial charge in [0.05, 0.1) is 21.3 Å². The van der Waals surface area contributed by atoms with E-state index in [1.807, 2.05) is 18.2 Å². The summed E-state index contributed by atoms with van der Waals surface area (Å²) in [6.45, 7) is 2.72. The molecule has 9 heteroatoms. The molecule has 1 aliphatic heterocycles. The van der Waals surface area contributed by atoms with Crippen molar-refractivity contribution in [2.24, 2.45) is 4.99 Å². The van der Waals surface area contributed by atoms with Gasteiger partial charge < -0.3 is 29.7 Å². The fourth-order valence-electron chi connectivity index (χ4n) is 3.53. The van der Waals surface area contributed by atoms with Crippen LogP contribution in [0.3, 0.4) is 0 Å². The van der Waals surface area contributed by atoms with Crippen LogP contribution in [0.4, 0.5) is 5.69 Å². The molecule has 1 fully saturated rings. The molecule has 1 unspecified atom stereocenters. The van der Waals surface area contributed by atoms with Gasteiger partial charge in [0.15, 0.2) is 5.96 Å². The number of halogens is 1. The zero-order valence-electron chi connectivity index (χ0n) is 19.1. The smallest absolute Gasteiger partial charge is 0.305 e. The first-order chi connectivity index (χ1) is 14.6. The molecule has 1 aromatic carbocycles. The van der Waals surface area contributed by atoms with E-state index >= 15 is 0 Å². The van der Waals surface area contributed by atoms with Gasteiger partial charge in [-0.05, 0) is 19.3 Å². The quantitative estimate of drug-likeness (QED) is 0.145. The van der Waals surface area contributed by atoms with Crippen LogP contribution >= 0.6 is 24.0 Å². The van der Waals surface area contributed by atoms with Crippen LogP contribution in [0.25, 0.3) is 0 Å². The van der Waals surface area contributed by atoms with Crippen LogP contribution < -0.4 is 25.0 Å². The molecule has 1 saturated heterocycles. The number of aliphatic imine (C=N–C) groups is 1. The third-order valence-corrected chi connectivity index (χ3v) is 5.28. The molecule has 1 aliphatic rings. The summed E-state index contributed by atoms with van der Waals surface area (Å²) in [5.41, 5.74) is 1.10. The number of ether oxygens (including phenoxy) is 3. The van der Waals surface area contributed by atoms with E-state index in [1.165, 1.54) is 7.11 Å². The maximum absolute atomic E-state index is 11.1. The van der Waals surface area contributed by atoms with Gasteiger partial charge >= 0.3 is 5.97 Å². The minimum Gasteiger partial charge on any atom is -0.497 e. The number of carbonyl (C=O) groups is 1. The van der Waals surface area contributed by atoms with Crippen LogP contribution in [0, 0.1) is 0 Å². The van der Waals surface area contributed by atoms with Gasteiger partial charge in [0.2, 0.25) is 0 Å². The van der Waals surface area contributed by atoms with E-state index in [1.54, 1.807) is 21.3 Å². The van der Waals surface area contributed by atoms with E-state index < -0.39 is 0 Å². The zero-order chi connectivity index (χ0) is 21.8. The molecule has 2 N–H and O–H groups in total. The molecule has 8 nitrogen and oxygen atoms in total. The van der Waals surface area contributed by atoms with Gasteiger partial charge in [-0.3, -0.25) is 9.79 Å². The molecule has 0 amide bonds. The van der Waals surface area contributed by atoms with Crippen LogP contribution in [-0.4, -0.2) is 66.0 Å². The van der Waals surface area contributed by atoms with E-state index in [-0.39, 0.29) is 29.9 Å². The van der Waals surface area contributed by atoms with Gasteiger partial charge in [0.1, 0.15) is 11.5 Å². The van der Waals surface area contributed by atoms with Crippen molar-refractivity contribution in [3.05, 3.63) is 18.2 Å². The number of benzene rings is 1. The van der Waals surface area contributed by atoms with Gasteiger partial charge in [0.25, 0.3) is 0 Å². The number of carbonyl (C=O) groups excluding carboxylic acids is 1. The van der Waals surface area contributed by atoms with Crippen molar-refractivity contribution in [3.63, 3.8) is 0 Å². The van der Waals surface area contributed by atoms with Crippen LogP contribution in [0.2, 0.25) is 0 Å². The third kappa shape index (κ3) is 9.40. The standard InChI is InChI=1S/C22H36N4O4.HI/c1-23-22(24-11-8-6-5-7-9-21(27)30-4)25-17-10-12-26(16-17)18-13-19(28-2)15-20(14-18)29-3;/h13-15,17H,5-12,16H2,1-4H3,(H2,23,24,25);1H. The van der Waals surface area contributed by atoms with Crippen molar-refractivity contribution < 1.29 is 19.0 Å². The van der Waals surface area contributed by atoms with E-state index in [9.17, 15) is 4.79 Å². The largest absolute Gasteiger partial charge is 0.497 e. The number of esters is 1. The highest BCUT2D eigenvalue weighted by Crippen LogP contribution is 2.30. The highest BCUT2D eigenvalue weighted by atomic mass is 127. The van der Waals surface area contributed by atoms with E-state index in [2.05, 4.69) is 25.3 Å². The lowest BCUT2D eigenvalue weighted by Gasteiger charge is -2.21. The van der Waals surface area contributed by atoms with Crippen molar-refractivity contribution in [1.29, 1.82) is 0 Å². The Labute approximate surface area is 203 Å². The SMILES string of the molecule is CN=C(NCCCCCCC(=O)OC)NC1CCN(c2cc(OC)cc(OC)c2)C1.I. The van der Waals surface area contributed by atoms with E-state index in [0.29, 0.717) is 12.5 Å². The summed E-state index contributed by atoms with van der Waals surface area (Å²) in [7, 11) is 6.57. The lowest BCUT2D eigenvalue weighted by atomic mass is 10.1. The predicted molar refractivity (Wildman–Crippen MR) is 135 cm³/mol. The molecular formula is C22H37IN4O4. The summed E-state index contributed by atoms with van der Waals surface area (Å²) in [5.74, 6) is 2.30. The fourth-order valence-corrected chi connectivity index (χ4v) is 3.53. The topological polar surface area (TPSA) is 84.4 Å². The number of hydrogen-bond donors (Lipinski definition) is 2. The predicted octanol–water partition coefficient (Wildman–Crippen LogP) is 3.19. The molecule has 0 aromatic heterocycles. The van der Waals surface area contributed by atoms with Crippen molar-refractivity contribution >= 4 is 41.6 Å². The summed E-state index contributed by atoms with van der Waals surface area (Å²) in [6.07, 6.45) is 5.58. The Morgan fingerprint density at radius 2 is 1.77 bits per heavy atom. The number of guanidine groups is 1. The number of hydrogen-bond acceptors (Lipinski definition) is 6. The molecule has 31 heavy (non-hydrogen) atoms. The second-order valence-corrected chi connectivity index (χ2v) is 7.39. The first-order valence-electron chi connectivity index (χ1n) is 10.6. The first-order valence-corrected chi connectivity index (χ1v) is 10.6. The Balaban J connectivity index is 0.00000480. The second kappa shape index (κ2) is 15.0. The lowest BCUT2D eigenvalue weighted by Crippen LogP contribution is -2.44. The summed E-state index contributed by atoms with van der Waals surface area (Å²) in [5, 5.41) is 6.91. The lowest BCUT2D eigenvalue weighted by molar-refractivity contribution is -0.140. The fraction of sp³-hybridized carbons (Fsp3) is 0.636. The average molecular weight is 548 g/mol. The van der Waals surface area contributed by atoms with E-state index in [0.717, 1.165) is 74.9 Å². The van der Waals surface area contributed by atoms with Crippen molar-refractivity contribution in [2.75, 3.05) is 52.9 Å². The number of methoxy groups -OCH3 is 3. The number of unbranched alkanes of at least 4 members (excludes halogenated alkanes) is 3. The molecule has 0 bridgehead atoms. The molecule has 2 rings (SSSR count). The summed E-state index contributed by atoms with van der Waals surface area (Å²) >= 11 is 0. The summed E-state index contributed by atoms with van der Waals surface area (Å²) < 4.78 is 15.4. The van der Waals surface area contributed by atoms with Gasteiger partial charge in [-0.2, -0.15) is 0 Å². The number of rotatable bonds is 11. The second-order valence-electron chi connectivity index (χ2n) is 7.39. The summed E-state index contributed by atoms with van der Waals surface area (Å²) in [6, 6.07) is 6.29. The first kappa shape index (κ1) is 27.1. The Kier molecular flexibility index (Phi) is 13.1. The maximum Gasteiger partial charge on any atom is 0.305 e. The summed E-state index contributed by atoms with van der Waals surface area (Å²) in [4.78, 5) is 17.8. The third-order valence-electron chi connectivity index (χ3n) is 5.28. The Hall–Kier alpha value is -1.91. The number of nitrogens with one attached hydrogen (secondary N) is 2. The van der Waals surface area contributed by atoms with Crippen molar-refractivity contribution in [3.8, 4) is 11.5 Å². The molecule has 1 heterocycles. The molecule has 1 atom stereocenters. The number of anilines is 1. The monoisotopic (exact) mass is 548 g/mol. The Morgan fingerprint density at radius 1 is 1.10 bits per heavy atom. The van der Waals surface area contributed by atoms with Crippen molar-refractivity contribution in [1.82, 2.24) is 10.6 Å². The zero-order valence-corrected chi connectivity index (χ0v) is 21.4. The molecular weight excluding hydrogens is 511 g/mol. The highest BCUT2D eigenvalue weighted by Gasteiger charge is 2.24. The Morgan fingerprint density at radius 3 is 2.39 bits per heavy atom. The average Bonchev–Trinajstić information content (AvgIpc) is 3.25. The minimum atomic E-state index is -0.129. The van der Waals surface area contributed by atoms with Gasteiger partial charge in [-0.25, -0.2) is 0 Å². The van der Waals surface area contributed by atoms with E-state index in [4.69, 9.17) is 9.47 Å². The molecule has 0 saturated carbocycles. The van der Waals surface area contributed by atoms with Crippen LogP contribution in [-0.2, 0) is 9.53 Å². The molecule has 0 spiro atoms. The molecule has 1 aromatic rings. The number of nitrogens with zero attached hydrogens (tertiary/aromatic N) is 2. The van der Waals surface area contributed by atoms with Gasteiger partial charge in [-0.1, -0.05) is 12.8 Å². The maximum atomic E-state index is 11.1. The van der Waals surface area contributed by atoms with Gasteiger partial charge in [-0.15, -0.1) is 24.0 Å². The van der Waals surface area contributed by atoms with Crippen molar-refractivity contribution in [2.45, 2.75) is 44.6 Å². The highest BCUT2D eigenvalue weighted by molar-refractivity contribution is 14.0.